The largest absolute Gasteiger partial charge is 0.497 e. The number of ether oxygens (including phenoxy) is 1. The van der Waals surface area contributed by atoms with Crippen LogP contribution in [-0.4, -0.2) is 33.8 Å². The number of hydrogen-bond acceptors (Lipinski definition) is 5. The Balaban J connectivity index is 2.00. The number of benzene rings is 1. The number of carbonyl (C=O) groups excluding carboxylic acids is 1. The highest BCUT2D eigenvalue weighted by Crippen LogP contribution is 2.37. The van der Waals surface area contributed by atoms with Crippen molar-refractivity contribution in [1.29, 1.82) is 0 Å². The van der Waals surface area contributed by atoms with Gasteiger partial charge in [0.25, 0.3) is 5.91 Å². The molecule has 0 spiro atoms. The van der Waals surface area contributed by atoms with Crippen LogP contribution in [0.15, 0.2) is 53.9 Å². The van der Waals surface area contributed by atoms with Gasteiger partial charge in [0.2, 0.25) is 0 Å². The number of nitrogens with zero attached hydrogens (tertiary/aromatic N) is 3. The van der Waals surface area contributed by atoms with Gasteiger partial charge < -0.3 is 9.84 Å². The average Bonchev–Trinajstić information content (AvgIpc) is 3.00. The van der Waals surface area contributed by atoms with Crippen molar-refractivity contribution in [2.75, 3.05) is 7.11 Å². The monoisotopic (exact) mass is 325 g/mol. The normalized spacial score (nSPS) is 20.0. The van der Waals surface area contributed by atoms with E-state index in [1.165, 1.54) is 6.20 Å². The molecule has 1 amide bonds. The molecule has 24 heavy (non-hydrogen) atoms. The standard InChI is InChI=1S/C18H19N3O3/c1-3-15-11-18(23,14-6-8-16(24-2)9-7-14)21(20-15)17(22)13-5-4-10-19-12-13/h4-10,12,23H,3,11H2,1-2H3. The van der Waals surface area contributed by atoms with Gasteiger partial charge in [0.15, 0.2) is 5.72 Å². The van der Waals surface area contributed by atoms with E-state index in [9.17, 15) is 9.90 Å². The number of methoxy groups -OCH3 is 1. The summed E-state index contributed by atoms with van der Waals surface area (Å²) in [7, 11) is 1.58. The number of hydrogen-bond donors (Lipinski definition) is 1. The van der Waals surface area contributed by atoms with Crippen LogP contribution in [0.2, 0.25) is 0 Å². The molecule has 1 N–H and O–H groups in total. The van der Waals surface area contributed by atoms with Crippen molar-refractivity contribution in [1.82, 2.24) is 9.99 Å². The number of rotatable bonds is 4. The number of carbonyl (C=O) groups is 1. The SMILES string of the molecule is CCC1=NN(C(=O)c2cccnc2)C(O)(c2ccc(OC)cc2)C1. The van der Waals surface area contributed by atoms with Crippen molar-refractivity contribution in [3.05, 3.63) is 59.9 Å². The van der Waals surface area contributed by atoms with Crippen LogP contribution in [0.3, 0.4) is 0 Å². The van der Waals surface area contributed by atoms with E-state index in [2.05, 4.69) is 10.1 Å². The summed E-state index contributed by atoms with van der Waals surface area (Å²) in [6.45, 7) is 1.95. The minimum Gasteiger partial charge on any atom is -0.497 e. The molecule has 1 aliphatic heterocycles. The Labute approximate surface area is 140 Å². The number of aliphatic hydroxyl groups is 1. The summed E-state index contributed by atoms with van der Waals surface area (Å²) in [5.74, 6) is 0.298. The van der Waals surface area contributed by atoms with Gasteiger partial charge in [0.05, 0.1) is 12.7 Å². The maximum absolute atomic E-state index is 12.8. The van der Waals surface area contributed by atoms with E-state index < -0.39 is 5.72 Å². The van der Waals surface area contributed by atoms with Crippen molar-refractivity contribution in [3.8, 4) is 5.75 Å². The predicted molar refractivity (Wildman–Crippen MR) is 89.6 cm³/mol. The maximum Gasteiger partial charge on any atom is 0.278 e. The lowest BCUT2D eigenvalue weighted by Gasteiger charge is -2.31. The third-order valence-electron chi connectivity index (χ3n) is 4.10. The number of aromatic nitrogens is 1. The van der Waals surface area contributed by atoms with Crippen molar-refractivity contribution in [2.24, 2.45) is 5.10 Å². The van der Waals surface area contributed by atoms with E-state index in [-0.39, 0.29) is 12.3 Å². The fourth-order valence-electron chi connectivity index (χ4n) is 2.72. The van der Waals surface area contributed by atoms with Crippen LogP contribution in [0.1, 0.15) is 35.7 Å². The molecule has 2 aromatic rings. The highest BCUT2D eigenvalue weighted by Gasteiger charge is 2.45. The van der Waals surface area contributed by atoms with Crippen molar-refractivity contribution >= 4 is 11.6 Å². The Morgan fingerprint density at radius 3 is 2.67 bits per heavy atom. The summed E-state index contributed by atoms with van der Waals surface area (Å²) in [4.78, 5) is 16.8. The zero-order valence-electron chi connectivity index (χ0n) is 13.6. The Hall–Kier alpha value is -2.73. The molecule has 3 rings (SSSR count). The molecule has 0 saturated heterocycles. The van der Waals surface area contributed by atoms with Gasteiger partial charge in [0, 0.05) is 30.1 Å². The van der Waals surface area contributed by atoms with Gasteiger partial charge in [-0.1, -0.05) is 19.1 Å². The van der Waals surface area contributed by atoms with Crippen LogP contribution in [0.5, 0.6) is 5.75 Å². The molecule has 0 aliphatic carbocycles. The van der Waals surface area contributed by atoms with Crippen molar-refractivity contribution < 1.29 is 14.6 Å². The second kappa shape index (κ2) is 6.41. The third-order valence-corrected chi connectivity index (χ3v) is 4.10. The van der Waals surface area contributed by atoms with Crippen LogP contribution in [0, 0.1) is 0 Å². The van der Waals surface area contributed by atoms with E-state index >= 15 is 0 Å². The van der Waals surface area contributed by atoms with Crippen LogP contribution in [0.4, 0.5) is 0 Å². The van der Waals surface area contributed by atoms with Crippen molar-refractivity contribution in [2.45, 2.75) is 25.5 Å². The molecule has 6 nitrogen and oxygen atoms in total. The lowest BCUT2D eigenvalue weighted by molar-refractivity contribution is -0.0765. The Bertz CT molecular complexity index is 759. The average molecular weight is 325 g/mol. The second-order valence-electron chi connectivity index (χ2n) is 5.60. The lowest BCUT2D eigenvalue weighted by Crippen LogP contribution is -2.43. The van der Waals surface area contributed by atoms with Gasteiger partial charge in [-0.2, -0.15) is 10.1 Å². The summed E-state index contributed by atoms with van der Waals surface area (Å²) >= 11 is 0. The van der Waals surface area contributed by atoms with E-state index in [4.69, 9.17) is 4.74 Å². The Kier molecular flexibility index (Phi) is 4.31. The lowest BCUT2D eigenvalue weighted by atomic mass is 9.96. The summed E-state index contributed by atoms with van der Waals surface area (Å²) in [6.07, 6.45) is 4.00. The molecule has 1 unspecified atom stereocenters. The van der Waals surface area contributed by atoms with Crippen molar-refractivity contribution in [3.63, 3.8) is 0 Å². The highest BCUT2D eigenvalue weighted by atomic mass is 16.5. The fourth-order valence-corrected chi connectivity index (χ4v) is 2.72. The molecule has 6 heteroatoms. The first kappa shape index (κ1) is 16.1. The first-order valence-electron chi connectivity index (χ1n) is 7.76. The smallest absolute Gasteiger partial charge is 0.278 e. The van der Waals surface area contributed by atoms with E-state index in [1.807, 2.05) is 6.92 Å². The van der Waals surface area contributed by atoms with E-state index in [0.717, 1.165) is 10.7 Å². The van der Waals surface area contributed by atoms with Gasteiger partial charge in [-0.05, 0) is 30.7 Å². The Morgan fingerprint density at radius 1 is 1.33 bits per heavy atom. The molecular formula is C18H19N3O3. The van der Waals surface area contributed by atoms with Crippen LogP contribution in [-0.2, 0) is 5.72 Å². The van der Waals surface area contributed by atoms with Gasteiger partial charge >= 0.3 is 0 Å². The summed E-state index contributed by atoms with van der Waals surface area (Å²) < 4.78 is 5.15. The molecule has 0 bridgehead atoms. The minimum absolute atomic E-state index is 0.280. The molecule has 0 fully saturated rings. The van der Waals surface area contributed by atoms with E-state index in [1.54, 1.807) is 49.7 Å². The van der Waals surface area contributed by atoms with Gasteiger partial charge in [-0.25, -0.2) is 0 Å². The molecule has 1 aromatic heterocycles. The van der Waals surface area contributed by atoms with Crippen LogP contribution < -0.4 is 4.74 Å². The highest BCUT2D eigenvalue weighted by molar-refractivity contribution is 5.98. The number of hydrazone groups is 1. The minimum atomic E-state index is -1.51. The van der Waals surface area contributed by atoms with Gasteiger partial charge in [0.1, 0.15) is 5.75 Å². The topological polar surface area (TPSA) is 75.0 Å². The molecule has 124 valence electrons. The molecule has 1 aromatic carbocycles. The number of amides is 1. The predicted octanol–water partition coefficient (Wildman–Crippen LogP) is 2.55. The molecule has 2 heterocycles. The quantitative estimate of drug-likeness (QED) is 0.937. The molecule has 0 radical (unpaired) electrons. The second-order valence-corrected chi connectivity index (χ2v) is 5.60. The first-order chi connectivity index (χ1) is 11.6. The third kappa shape index (κ3) is 2.76. The molecule has 1 aliphatic rings. The van der Waals surface area contributed by atoms with Crippen LogP contribution in [0.25, 0.3) is 0 Å². The maximum atomic E-state index is 12.8. The fraction of sp³-hybridized carbons (Fsp3) is 0.278. The number of pyridine rings is 1. The molecule has 1 atom stereocenters. The zero-order valence-corrected chi connectivity index (χ0v) is 13.6. The summed E-state index contributed by atoms with van der Waals surface area (Å²) in [5.41, 5.74) is 0.230. The molecular weight excluding hydrogens is 306 g/mol. The van der Waals surface area contributed by atoms with Gasteiger partial charge in [-0.3, -0.25) is 9.78 Å². The first-order valence-corrected chi connectivity index (χ1v) is 7.76. The molecule has 0 saturated carbocycles. The zero-order chi connectivity index (χ0) is 17.2. The summed E-state index contributed by atoms with van der Waals surface area (Å²) in [6, 6.07) is 10.3. The van der Waals surface area contributed by atoms with Gasteiger partial charge in [-0.15, -0.1) is 0 Å². The van der Waals surface area contributed by atoms with E-state index in [0.29, 0.717) is 23.3 Å². The summed E-state index contributed by atoms with van der Waals surface area (Å²) in [5, 5.41) is 16.8. The Morgan fingerprint density at radius 2 is 2.08 bits per heavy atom. The van der Waals surface area contributed by atoms with Crippen LogP contribution >= 0.6 is 0 Å².